The number of pyridine rings is 1. The van der Waals surface area contributed by atoms with Crippen molar-refractivity contribution in [2.24, 2.45) is 0 Å². The van der Waals surface area contributed by atoms with Crippen molar-refractivity contribution in [1.82, 2.24) is 25.1 Å². The molecule has 2 aromatic carbocycles. The van der Waals surface area contributed by atoms with Gasteiger partial charge in [-0.3, -0.25) is 14.9 Å². The molecule has 0 saturated heterocycles. The van der Waals surface area contributed by atoms with Gasteiger partial charge in [0.25, 0.3) is 5.91 Å². The van der Waals surface area contributed by atoms with Crippen LogP contribution in [0.2, 0.25) is 0 Å². The van der Waals surface area contributed by atoms with Gasteiger partial charge < -0.3 is 14.6 Å². The molecule has 0 aliphatic carbocycles. The van der Waals surface area contributed by atoms with Crippen molar-refractivity contribution in [3.05, 3.63) is 102 Å². The molecule has 168 valence electrons. The molecule has 1 amide bonds. The van der Waals surface area contributed by atoms with Crippen molar-refractivity contribution in [2.45, 2.75) is 12.5 Å². The monoisotopic (exact) mass is 449 g/mol. The number of amides is 1. The topological polar surface area (TPSA) is 86.9 Å². The summed E-state index contributed by atoms with van der Waals surface area (Å²) in [6.45, 7) is 0.562. The summed E-state index contributed by atoms with van der Waals surface area (Å²) in [6, 6.07) is 21.4. The molecule has 7 nitrogen and oxygen atoms in total. The Bertz CT molecular complexity index is 1470. The van der Waals surface area contributed by atoms with Crippen LogP contribution >= 0.6 is 0 Å². The molecule has 0 bridgehead atoms. The molecule has 0 radical (unpaired) electrons. The van der Waals surface area contributed by atoms with Crippen LogP contribution in [-0.2, 0) is 6.42 Å². The number of rotatable bonds is 6. The van der Waals surface area contributed by atoms with Gasteiger partial charge in [0.15, 0.2) is 0 Å². The van der Waals surface area contributed by atoms with E-state index in [1.54, 1.807) is 13.3 Å². The lowest BCUT2D eigenvalue weighted by Gasteiger charge is -2.25. The van der Waals surface area contributed by atoms with Crippen LogP contribution in [0.1, 0.15) is 33.4 Å². The first-order valence-corrected chi connectivity index (χ1v) is 11.2. The van der Waals surface area contributed by atoms with Gasteiger partial charge in [-0.2, -0.15) is 5.10 Å². The van der Waals surface area contributed by atoms with Crippen LogP contribution in [0.25, 0.3) is 22.2 Å². The number of nitrogens with zero attached hydrogens (tertiary/aromatic N) is 3. The number of fused-ring (bicyclic) bond motifs is 2. The summed E-state index contributed by atoms with van der Waals surface area (Å²) in [7, 11) is 1.64. The number of methoxy groups -OCH3 is 1. The summed E-state index contributed by atoms with van der Waals surface area (Å²) >= 11 is 0. The molecule has 1 atom stereocenters. The minimum absolute atomic E-state index is 0.0576. The Morgan fingerprint density at radius 1 is 1.03 bits per heavy atom. The van der Waals surface area contributed by atoms with Crippen LogP contribution in [0, 0.1) is 0 Å². The number of carbonyl (C=O) groups is 1. The maximum atomic E-state index is 13.5. The van der Waals surface area contributed by atoms with E-state index in [0.717, 1.165) is 40.2 Å². The molecule has 7 heteroatoms. The first-order valence-electron chi connectivity index (χ1n) is 11.2. The summed E-state index contributed by atoms with van der Waals surface area (Å²) in [5.41, 5.74) is 6.19. The summed E-state index contributed by atoms with van der Waals surface area (Å²) < 4.78 is 5.30. The fourth-order valence-corrected chi connectivity index (χ4v) is 4.82. The second kappa shape index (κ2) is 8.19. The van der Waals surface area contributed by atoms with Crippen molar-refractivity contribution in [2.75, 3.05) is 13.7 Å². The summed E-state index contributed by atoms with van der Waals surface area (Å²) in [5, 5.41) is 8.72. The Morgan fingerprint density at radius 2 is 1.85 bits per heavy atom. The van der Waals surface area contributed by atoms with E-state index < -0.39 is 0 Å². The van der Waals surface area contributed by atoms with Gasteiger partial charge in [-0.1, -0.05) is 24.3 Å². The molecule has 0 saturated carbocycles. The van der Waals surface area contributed by atoms with E-state index in [1.807, 2.05) is 65.7 Å². The van der Waals surface area contributed by atoms with Gasteiger partial charge >= 0.3 is 0 Å². The minimum atomic E-state index is -0.315. The van der Waals surface area contributed by atoms with E-state index >= 15 is 0 Å². The molecular weight excluding hydrogens is 426 g/mol. The Labute approximate surface area is 196 Å². The molecule has 0 fully saturated rings. The van der Waals surface area contributed by atoms with Crippen LogP contribution in [0.4, 0.5) is 0 Å². The van der Waals surface area contributed by atoms with Crippen LogP contribution in [0.3, 0.4) is 0 Å². The largest absolute Gasteiger partial charge is 0.497 e. The molecule has 1 aliphatic rings. The molecule has 3 aromatic heterocycles. The van der Waals surface area contributed by atoms with Crippen LogP contribution in [0.15, 0.2) is 79.1 Å². The van der Waals surface area contributed by atoms with Gasteiger partial charge in [0.05, 0.1) is 18.5 Å². The molecule has 6 rings (SSSR count). The quantitative estimate of drug-likeness (QED) is 0.392. The molecule has 1 aliphatic heterocycles. The predicted octanol–water partition coefficient (Wildman–Crippen LogP) is 4.75. The van der Waals surface area contributed by atoms with Crippen molar-refractivity contribution >= 4 is 16.8 Å². The molecule has 5 aromatic rings. The third-order valence-electron chi connectivity index (χ3n) is 6.49. The van der Waals surface area contributed by atoms with Gasteiger partial charge in [-0.15, -0.1) is 0 Å². The maximum Gasteiger partial charge on any atom is 0.273 e. The number of aromatic nitrogens is 4. The van der Waals surface area contributed by atoms with Crippen molar-refractivity contribution < 1.29 is 9.53 Å². The average Bonchev–Trinajstić information content (AvgIpc) is 3.57. The van der Waals surface area contributed by atoms with Gasteiger partial charge in [0, 0.05) is 41.0 Å². The van der Waals surface area contributed by atoms with Gasteiger partial charge in [-0.25, -0.2) is 0 Å². The van der Waals surface area contributed by atoms with E-state index in [9.17, 15) is 4.79 Å². The number of hydrogen-bond acceptors (Lipinski definition) is 4. The number of para-hydroxylation sites is 1. The average molecular weight is 450 g/mol. The van der Waals surface area contributed by atoms with Crippen LogP contribution in [0.5, 0.6) is 5.75 Å². The fourth-order valence-electron chi connectivity index (χ4n) is 4.82. The van der Waals surface area contributed by atoms with E-state index in [2.05, 4.69) is 32.3 Å². The third-order valence-corrected chi connectivity index (χ3v) is 6.49. The Balaban J connectivity index is 1.39. The molecule has 0 spiro atoms. The number of nitrogens with one attached hydrogen (secondary N) is 2. The number of benzene rings is 2. The highest BCUT2D eigenvalue weighted by molar-refractivity contribution is 6.00. The first kappa shape index (κ1) is 20.2. The van der Waals surface area contributed by atoms with Crippen molar-refractivity contribution in [1.29, 1.82) is 0 Å². The fraction of sp³-hybridized carbons (Fsp3) is 0.148. The highest BCUT2D eigenvalue weighted by Crippen LogP contribution is 2.42. The van der Waals surface area contributed by atoms with E-state index in [0.29, 0.717) is 12.2 Å². The van der Waals surface area contributed by atoms with Gasteiger partial charge in [0.1, 0.15) is 17.5 Å². The summed E-state index contributed by atoms with van der Waals surface area (Å²) in [4.78, 5) is 23.4. The smallest absolute Gasteiger partial charge is 0.273 e. The molecule has 2 N–H and O–H groups in total. The second-order valence-corrected chi connectivity index (χ2v) is 8.35. The Hall–Kier alpha value is -4.39. The first-order chi connectivity index (χ1) is 16.7. The van der Waals surface area contributed by atoms with Gasteiger partial charge in [-0.05, 0) is 54.4 Å². The molecule has 4 heterocycles. The molecular formula is C27H23N5O2. The van der Waals surface area contributed by atoms with Gasteiger partial charge in [0.2, 0.25) is 0 Å². The van der Waals surface area contributed by atoms with Crippen LogP contribution < -0.4 is 4.74 Å². The highest BCUT2D eigenvalue weighted by atomic mass is 16.5. The number of hydrogen-bond donors (Lipinski definition) is 2. The summed E-state index contributed by atoms with van der Waals surface area (Å²) in [5.74, 6) is 0.714. The highest BCUT2D eigenvalue weighted by Gasteiger charge is 2.42. The van der Waals surface area contributed by atoms with Crippen molar-refractivity contribution in [3.63, 3.8) is 0 Å². The maximum absolute atomic E-state index is 13.5. The number of H-pyrrole nitrogens is 2. The zero-order valence-corrected chi connectivity index (χ0v) is 18.7. The number of aromatic amines is 2. The zero-order valence-electron chi connectivity index (χ0n) is 18.7. The Morgan fingerprint density at radius 3 is 2.65 bits per heavy atom. The standard InChI is InChI=1S/C27H23N5O2/c1-34-19-11-9-17(10-12-19)24-23-25(31-30-24)27(33)32(26(23)22-8-4-5-14-28-22)15-13-18-16-29-21-7-3-2-6-20(18)21/h2-12,14,16,26,29H,13,15H2,1H3,(H,30,31)/t26-/m1/s1. The number of ether oxygens (including phenoxy) is 1. The summed E-state index contributed by atoms with van der Waals surface area (Å²) in [6.07, 6.45) is 4.53. The zero-order chi connectivity index (χ0) is 23.1. The molecule has 34 heavy (non-hydrogen) atoms. The van der Waals surface area contributed by atoms with Crippen molar-refractivity contribution in [3.8, 4) is 17.0 Å². The van der Waals surface area contributed by atoms with E-state index in [4.69, 9.17) is 4.74 Å². The second-order valence-electron chi connectivity index (χ2n) is 8.35. The minimum Gasteiger partial charge on any atom is -0.497 e. The lowest BCUT2D eigenvalue weighted by molar-refractivity contribution is 0.0743. The number of carbonyl (C=O) groups excluding carboxylic acids is 1. The van der Waals surface area contributed by atoms with E-state index in [-0.39, 0.29) is 11.9 Å². The Kier molecular flexibility index (Phi) is 4.87. The van der Waals surface area contributed by atoms with E-state index in [1.165, 1.54) is 10.9 Å². The normalized spacial score (nSPS) is 15.1. The lowest BCUT2D eigenvalue weighted by Crippen LogP contribution is -2.32. The van der Waals surface area contributed by atoms with Crippen LogP contribution in [-0.4, -0.2) is 44.6 Å². The lowest BCUT2D eigenvalue weighted by atomic mass is 9.99. The third kappa shape index (κ3) is 3.25. The molecule has 0 unspecified atom stereocenters. The predicted molar refractivity (Wildman–Crippen MR) is 130 cm³/mol. The SMILES string of the molecule is COc1ccc(-c2n[nH]c3c2[C@@H](c2ccccn2)N(CCc2c[nH]c4ccccc24)C3=O)cc1.